The van der Waals surface area contributed by atoms with Crippen LogP contribution >= 0.6 is 0 Å². The Kier molecular flexibility index (Phi) is 4.27. The van der Waals surface area contributed by atoms with Gasteiger partial charge in [0.25, 0.3) is 0 Å². The summed E-state index contributed by atoms with van der Waals surface area (Å²) in [6, 6.07) is 0. The maximum atomic E-state index is 11.3. The minimum absolute atomic E-state index is 0.0567. The highest BCUT2D eigenvalue weighted by Crippen LogP contribution is 2.35. The molecule has 3 atom stereocenters. The van der Waals surface area contributed by atoms with Crippen molar-refractivity contribution >= 4 is 11.8 Å². The van der Waals surface area contributed by atoms with E-state index in [1.54, 1.807) is 0 Å². The van der Waals surface area contributed by atoms with Crippen LogP contribution in [0.25, 0.3) is 0 Å². The van der Waals surface area contributed by atoms with Crippen molar-refractivity contribution < 1.29 is 14.7 Å². The smallest absolute Gasteiger partial charge is 0.308 e. The van der Waals surface area contributed by atoms with E-state index in [4.69, 9.17) is 10.8 Å². The number of hydrogen-bond donors (Lipinski definition) is 2. The maximum absolute atomic E-state index is 11.3. The number of hydrogen-bond acceptors (Lipinski definition) is 3. The number of carbonyl (C=O) groups excluding carboxylic acids is 1. The first-order valence-electron chi connectivity index (χ1n) is 5.54. The Bertz CT molecular complexity index is 252. The largest absolute Gasteiger partial charge is 0.481 e. The number of carboxylic acid groups (broad SMARTS) is 1. The summed E-state index contributed by atoms with van der Waals surface area (Å²) in [5, 5.41) is 9.03. The SMILES string of the molecule is CCC1CCC(=O)CC1C(CN)C(=O)O. The van der Waals surface area contributed by atoms with E-state index in [0.29, 0.717) is 18.8 Å². The first kappa shape index (κ1) is 12.2. The van der Waals surface area contributed by atoms with Crippen molar-refractivity contribution in [3.05, 3.63) is 0 Å². The summed E-state index contributed by atoms with van der Waals surface area (Å²) in [5.74, 6) is -0.953. The molecule has 0 aromatic carbocycles. The van der Waals surface area contributed by atoms with Gasteiger partial charge in [-0.15, -0.1) is 0 Å². The van der Waals surface area contributed by atoms with Crippen LogP contribution in [0.4, 0.5) is 0 Å². The maximum Gasteiger partial charge on any atom is 0.308 e. The highest BCUT2D eigenvalue weighted by atomic mass is 16.4. The lowest BCUT2D eigenvalue weighted by Gasteiger charge is -2.33. The third-order valence-electron chi connectivity index (χ3n) is 3.48. The molecule has 0 heterocycles. The molecule has 0 aliphatic heterocycles. The molecule has 3 N–H and O–H groups in total. The molecule has 0 saturated heterocycles. The molecule has 86 valence electrons. The second-order valence-corrected chi connectivity index (χ2v) is 4.29. The van der Waals surface area contributed by atoms with Gasteiger partial charge in [0.2, 0.25) is 0 Å². The number of ketones is 1. The highest BCUT2D eigenvalue weighted by Gasteiger charge is 2.36. The van der Waals surface area contributed by atoms with Crippen molar-refractivity contribution in [3.63, 3.8) is 0 Å². The van der Waals surface area contributed by atoms with Gasteiger partial charge in [0, 0.05) is 19.4 Å². The fourth-order valence-electron chi connectivity index (χ4n) is 2.53. The van der Waals surface area contributed by atoms with Crippen molar-refractivity contribution in [3.8, 4) is 0 Å². The number of rotatable bonds is 4. The fourth-order valence-corrected chi connectivity index (χ4v) is 2.53. The Morgan fingerprint density at radius 1 is 1.67 bits per heavy atom. The summed E-state index contributed by atoms with van der Waals surface area (Å²) in [4.78, 5) is 22.4. The normalized spacial score (nSPS) is 28.8. The third kappa shape index (κ3) is 2.78. The number of carbonyl (C=O) groups is 2. The molecule has 0 aromatic rings. The lowest BCUT2D eigenvalue weighted by Crippen LogP contribution is -2.38. The monoisotopic (exact) mass is 213 g/mol. The van der Waals surface area contributed by atoms with Gasteiger partial charge in [-0.2, -0.15) is 0 Å². The number of aliphatic carboxylic acids is 1. The van der Waals surface area contributed by atoms with Crippen LogP contribution in [0.2, 0.25) is 0 Å². The van der Waals surface area contributed by atoms with Crippen molar-refractivity contribution in [2.24, 2.45) is 23.5 Å². The highest BCUT2D eigenvalue weighted by molar-refractivity contribution is 5.81. The van der Waals surface area contributed by atoms with Gasteiger partial charge in [0.15, 0.2) is 0 Å². The van der Waals surface area contributed by atoms with E-state index in [-0.39, 0.29) is 18.2 Å². The number of Topliss-reactive ketones (excluding diaryl/α,β-unsaturated/α-hetero) is 1. The standard InChI is InChI=1S/C11H19NO3/c1-2-7-3-4-8(13)5-9(7)10(6-12)11(14)15/h7,9-10H,2-6,12H2,1H3,(H,14,15). The summed E-state index contributed by atoms with van der Waals surface area (Å²) in [7, 11) is 0. The molecule has 0 bridgehead atoms. The Labute approximate surface area is 89.8 Å². The van der Waals surface area contributed by atoms with Gasteiger partial charge in [0.1, 0.15) is 5.78 Å². The first-order chi connectivity index (χ1) is 7.10. The minimum atomic E-state index is -0.865. The van der Waals surface area contributed by atoms with E-state index in [2.05, 4.69) is 0 Å². The molecule has 15 heavy (non-hydrogen) atoms. The summed E-state index contributed by atoms with van der Waals surface area (Å²) < 4.78 is 0. The van der Waals surface area contributed by atoms with Crippen LogP contribution in [-0.4, -0.2) is 23.4 Å². The zero-order valence-corrected chi connectivity index (χ0v) is 9.11. The molecule has 4 heteroatoms. The predicted octanol–water partition coefficient (Wildman–Crippen LogP) is 1.04. The van der Waals surface area contributed by atoms with E-state index in [9.17, 15) is 9.59 Å². The minimum Gasteiger partial charge on any atom is -0.481 e. The van der Waals surface area contributed by atoms with Crippen LogP contribution in [0.3, 0.4) is 0 Å². The zero-order valence-electron chi connectivity index (χ0n) is 9.11. The fraction of sp³-hybridized carbons (Fsp3) is 0.818. The van der Waals surface area contributed by atoms with Crippen molar-refractivity contribution in [1.82, 2.24) is 0 Å². The van der Waals surface area contributed by atoms with Crippen LogP contribution in [0.5, 0.6) is 0 Å². The molecule has 0 spiro atoms. The number of carboxylic acids is 1. The van der Waals surface area contributed by atoms with Crippen molar-refractivity contribution in [2.45, 2.75) is 32.6 Å². The topological polar surface area (TPSA) is 80.4 Å². The molecule has 0 amide bonds. The van der Waals surface area contributed by atoms with Gasteiger partial charge in [-0.3, -0.25) is 9.59 Å². The van der Waals surface area contributed by atoms with Gasteiger partial charge in [-0.05, 0) is 18.3 Å². The molecule has 1 aliphatic carbocycles. The molecule has 0 radical (unpaired) electrons. The van der Waals surface area contributed by atoms with Gasteiger partial charge in [0.05, 0.1) is 5.92 Å². The van der Waals surface area contributed by atoms with E-state index >= 15 is 0 Å². The summed E-state index contributed by atoms with van der Waals surface area (Å²) in [6.07, 6.45) is 2.75. The van der Waals surface area contributed by atoms with Gasteiger partial charge in [-0.25, -0.2) is 0 Å². The average molecular weight is 213 g/mol. The molecule has 1 saturated carbocycles. The lowest BCUT2D eigenvalue weighted by molar-refractivity contribution is -0.145. The second-order valence-electron chi connectivity index (χ2n) is 4.29. The zero-order chi connectivity index (χ0) is 11.4. The Morgan fingerprint density at radius 3 is 2.80 bits per heavy atom. The second kappa shape index (κ2) is 5.26. The first-order valence-corrected chi connectivity index (χ1v) is 5.54. The quantitative estimate of drug-likeness (QED) is 0.731. The summed E-state index contributed by atoms with van der Waals surface area (Å²) in [6.45, 7) is 2.17. The molecule has 1 fully saturated rings. The van der Waals surface area contributed by atoms with E-state index < -0.39 is 11.9 Å². The predicted molar refractivity (Wildman–Crippen MR) is 56.3 cm³/mol. The van der Waals surface area contributed by atoms with Crippen LogP contribution in [0, 0.1) is 17.8 Å². The summed E-state index contributed by atoms with van der Waals surface area (Å²) in [5.41, 5.74) is 5.47. The Hall–Kier alpha value is -0.900. The summed E-state index contributed by atoms with van der Waals surface area (Å²) >= 11 is 0. The molecule has 3 unspecified atom stereocenters. The molecule has 1 aliphatic rings. The molecular weight excluding hydrogens is 194 g/mol. The van der Waals surface area contributed by atoms with E-state index in [1.165, 1.54) is 0 Å². The van der Waals surface area contributed by atoms with Gasteiger partial charge in [-0.1, -0.05) is 13.3 Å². The molecule has 0 aromatic heterocycles. The number of nitrogens with two attached hydrogens (primary N) is 1. The molecular formula is C11H19NO3. The van der Waals surface area contributed by atoms with Crippen LogP contribution in [0.1, 0.15) is 32.6 Å². The molecule has 4 nitrogen and oxygen atoms in total. The van der Waals surface area contributed by atoms with Crippen LogP contribution < -0.4 is 5.73 Å². The van der Waals surface area contributed by atoms with Gasteiger partial charge >= 0.3 is 5.97 Å². The van der Waals surface area contributed by atoms with E-state index in [0.717, 1.165) is 12.8 Å². The Morgan fingerprint density at radius 2 is 2.33 bits per heavy atom. The van der Waals surface area contributed by atoms with Crippen molar-refractivity contribution in [1.29, 1.82) is 0 Å². The lowest BCUT2D eigenvalue weighted by atomic mass is 9.71. The Balaban J connectivity index is 2.76. The van der Waals surface area contributed by atoms with E-state index in [1.807, 2.05) is 6.92 Å². The van der Waals surface area contributed by atoms with Gasteiger partial charge < -0.3 is 10.8 Å². The third-order valence-corrected chi connectivity index (χ3v) is 3.48. The van der Waals surface area contributed by atoms with Crippen LogP contribution in [0.15, 0.2) is 0 Å². The van der Waals surface area contributed by atoms with Crippen LogP contribution in [-0.2, 0) is 9.59 Å². The average Bonchev–Trinajstić information content (AvgIpc) is 2.18. The molecule has 1 rings (SSSR count). The van der Waals surface area contributed by atoms with Crippen molar-refractivity contribution in [2.75, 3.05) is 6.54 Å².